The van der Waals surface area contributed by atoms with E-state index in [9.17, 15) is 13.2 Å². The number of hydrogen-bond donors (Lipinski definition) is 1. The molecule has 2 aliphatic heterocycles. The largest absolute Gasteiger partial charge is 0.378 e. The SMILES string of the molecule is CN(Cc1ccccc1N1CCOCC1)C(=O)C1(S(C)(=O)=O)CCNCC1. The summed E-state index contributed by atoms with van der Waals surface area (Å²) in [5.74, 6) is -0.303. The summed E-state index contributed by atoms with van der Waals surface area (Å²) in [4.78, 5) is 17.1. The molecule has 0 saturated carbocycles. The van der Waals surface area contributed by atoms with Crippen molar-refractivity contribution in [3.05, 3.63) is 29.8 Å². The number of carbonyl (C=O) groups excluding carboxylic acids is 1. The predicted octanol–water partition coefficient (Wildman–Crippen LogP) is 0.648. The fourth-order valence-corrected chi connectivity index (χ4v) is 5.43. The van der Waals surface area contributed by atoms with Gasteiger partial charge in [-0.3, -0.25) is 4.79 Å². The molecule has 7 nitrogen and oxygen atoms in total. The summed E-state index contributed by atoms with van der Waals surface area (Å²) in [6.45, 7) is 4.47. The molecule has 0 unspecified atom stereocenters. The summed E-state index contributed by atoms with van der Waals surface area (Å²) in [6, 6.07) is 8.00. The number of amides is 1. The van der Waals surface area contributed by atoms with E-state index in [1.54, 1.807) is 11.9 Å². The summed E-state index contributed by atoms with van der Waals surface area (Å²) in [6.07, 6.45) is 1.83. The summed E-state index contributed by atoms with van der Waals surface area (Å²) in [7, 11) is -1.81. The van der Waals surface area contributed by atoms with E-state index in [-0.39, 0.29) is 5.91 Å². The highest BCUT2D eigenvalue weighted by atomic mass is 32.2. The Morgan fingerprint density at radius 1 is 1.22 bits per heavy atom. The van der Waals surface area contributed by atoms with Crippen LogP contribution in [-0.4, -0.2) is 76.7 Å². The van der Waals surface area contributed by atoms with Gasteiger partial charge >= 0.3 is 0 Å². The summed E-state index contributed by atoms with van der Waals surface area (Å²) >= 11 is 0. The first-order chi connectivity index (χ1) is 12.8. The lowest BCUT2D eigenvalue weighted by Gasteiger charge is -2.38. The molecule has 2 saturated heterocycles. The Bertz CT molecular complexity index is 769. The van der Waals surface area contributed by atoms with Crippen LogP contribution in [0.3, 0.4) is 0 Å². The molecule has 0 aromatic heterocycles. The molecule has 0 radical (unpaired) electrons. The van der Waals surface area contributed by atoms with Crippen molar-refractivity contribution in [2.45, 2.75) is 24.1 Å². The molecule has 0 aliphatic carbocycles. The van der Waals surface area contributed by atoms with Crippen LogP contribution >= 0.6 is 0 Å². The average molecular weight is 396 g/mol. The van der Waals surface area contributed by atoms with Crippen molar-refractivity contribution < 1.29 is 17.9 Å². The number of nitrogens with one attached hydrogen (secondary N) is 1. The van der Waals surface area contributed by atoms with E-state index >= 15 is 0 Å². The van der Waals surface area contributed by atoms with Gasteiger partial charge < -0.3 is 19.9 Å². The van der Waals surface area contributed by atoms with Crippen molar-refractivity contribution in [3.8, 4) is 0 Å². The molecule has 150 valence electrons. The minimum atomic E-state index is -3.51. The second-order valence-electron chi connectivity index (χ2n) is 7.41. The Labute approximate surface area is 161 Å². The van der Waals surface area contributed by atoms with E-state index in [1.807, 2.05) is 18.2 Å². The number of benzene rings is 1. The van der Waals surface area contributed by atoms with Crippen LogP contribution in [0.15, 0.2) is 24.3 Å². The number of ether oxygens (including phenoxy) is 1. The Morgan fingerprint density at radius 2 is 1.85 bits per heavy atom. The number of rotatable bonds is 5. The standard InChI is InChI=1S/C19H29N3O4S/c1-21(18(23)19(27(2,24)25)7-9-20-10-8-19)15-16-5-3-4-6-17(16)22-11-13-26-14-12-22/h3-6,20H,7-15H2,1-2H3. The van der Waals surface area contributed by atoms with Crippen LogP contribution in [-0.2, 0) is 25.9 Å². The number of nitrogens with zero attached hydrogens (tertiary/aromatic N) is 2. The van der Waals surface area contributed by atoms with Gasteiger partial charge in [-0.15, -0.1) is 0 Å². The number of para-hydroxylation sites is 1. The lowest BCUT2D eigenvalue weighted by molar-refractivity contribution is -0.134. The van der Waals surface area contributed by atoms with Gasteiger partial charge in [0.2, 0.25) is 5.91 Å². The van der Waals surface area contributed by atoms with Crippen LogP contribution in [0.2, 0.25) is 0 Å². The summed E-state index contributed by atoms with van der Waals surface area (Å²) in [5.41, 5.74) is 2.10. The molecule has 0 spiro atoms. The van der Waals surface area contributed by atoms with Crippen LogP contribution in [0.5, 0.6) is 0 Å². The molecule has 2 fully saturated rings. The fraction of sp³-hybridized carbons (Fsp3) is 0.632. The molecule has 1 N–H and O–H groups in total. The lowest BCUT2D eigenvalue weighted by Crippen LogP contribution is -2.57. The zero-order chi connectivity index (χ0) is 19.5. The monoisotopic (exact) mass is 395 g/mol. The van der Waals surface area contributed by atoms with E-state index in [0.717, 1.165) is 24.3 Å². The summed E-state index contributed by atoms with van der Waals surface area (Å²) < 4.78 is 29.2. The maximum absolute atomic E-state index is 13.2. The minimum absolute atomic E-state index is 0.303. The maximum atomic E-state index is 13.2. The van der Waals surface area contributed by atoms with Gasteiger partial charge in [0.1, 0.15) is 0 Å². The van der Waals surface area contributed by atoms with Gasteiger partial charge in [0, 0.05) is 38.6 Å². The lowest BCUT2D eigenvalue weighted by atomic mass is 9.95. The van der Waals surface area contributed by atoms with Crippen LogP contribution in [0.25, 0.3) is 0 Å². The van der Waals surface area contributed by atoms with E-state index in [2.05, 4.69) is 16.3 Å². The Kier molecular flexibility index (Phi) is 6.08. The van der Waals surface area contributed by atoms with Crippen molar-refractivity contribution in [2.75, 3.05) is 57.6 Å². The molecule has 1 aromatic rings. The Morgan fingerprint density at radius 3 is 2.48 bits per heavy atom. The van der Waals surface area contributed by atoms with Gasteiger partial charge in [0.05, 0.1) is 13.2 Å². The third-order valence-corrected chi connectivity index (χ3v) is 7.61. The topological polar surface area (TPSA) is 79.0 Å². The van der Waals surface area contributed by atoms with E-state index < -0.39 is 14.6 Å². The Hall–Kier alpha value is -1.64. The smallest absolute Gasteiger partial charge is 0.244 e. The molecular formula is C19H29N3O4S. The number of piperidine rings is 1. The second-order valence-corrected chi connectivity index (χ2v) is 9.73. The van der Waals surface area contributed by atoms with Gasteiger partial charge in [-0.1, -0.05) is 18.2 Å². The van der Waals surface area contributed by atoms with Gasteiger partial charge in [-0.2, -0.15) is 0 Å². The van der Waals surface area contributed by atoms with Crippen molar-refractivity contribution in [3.63, 3.8) is 0 Å². The molecule has 3 rings (SSSR count). The molecular weight excluding hydrogens is 366 g/mol. The first kappa shape index (κ1) is 20.1. The van der Waals surface area contributed by atoms with Crippen LogP contribution in [0, 0.1) is 0 Å². The molecule has 27 heavy (non-hydrogen) atoms. The highest BCUT2D eigenvalue weighted by molar-refractivity contribution is 7.92. The zero-order valence-corrected chi connectivity index (χ0v) is 16.9. The second kappa shape index (κ2) is 8.16. The van der Waals surface area contributed by atoms with Gasteiger partial charge in [0.15, 0.2) is 14.6 Å². The highest BCUT2D eigenvalue weighted by Gasteiger charge is 2.49. The third-order valence-electron chi connectivity index (χ3n) is 5.61. The maximum Gasteiger partial charge on any atom is 0.244 e. The van der Waals surface area contributed by atoms with Gasteiger partial charge in [-0.05, 0) is 37.6 Å². The van der Waals surface area contributed by atoms with Crippen LogP contribution < -0.4 is 10.2 Å². The number of sulfone groups is 1. The third kappa shape index (κ3) is 4.12. The predicted molar refractivity (Wildman–Crippen MR) is 106 cm³/mol. The quantitative estimate of drug-likeness (QED) is 0.789. The highest BCUT2D eigenvalue weighted by Crippen LogP contribution is 2.31. The van der Waals surface area contributed by atoms with Crippen molar-refractivity contribution in [1.29, 1.82) is 0 Å². The van der Waals surface area contributed by atoms with E-state index in [4.69, 9.17) is 4.74 Å². The van der Waals surface area contributed by atoms with Gasteiger partial charge in [0.25, 0.3) is 0 Å². The van der Waals surface area contributed by atoms with E-state index in [1.165, 1.54) is 6.26 Å². The average Bonchev–Trinajstić information content (AvgIpc) is 2.68. The molecule has 1 amide bonds. The fourth-order valence-electron chi connectivity index (χ4n) is 4.01. The number of carbonyl (C=O) groups is 1. The normalized spacial score (nSPS) is 20.3. The number of morpholine rings is 1. The zero-order valence-electron chi connectivity index (χ0n) is 16.1. The van der Waals surface area contributed by atoms with E-state index in [0.29, 0.717) is 45.7 Å². The van der Waals surface area contributed by atoms with Crippen LogP contribution in [0.1, 0.15) is 18.4 Å². The molecule has 8 heteroatoms. The number of anilines is 1. The van der Waals surface area contributed by atoms with Gasteiger partial charge in [-0.25, -0.2) is 8.42 Å². The Balaban J connectivity index is 1.82. The first-order valence-corrected chi connectivity index (χ1v) is 11.3. The van der Waals surface area contributed by atoms with Crippen molar-refractivity contribution in [1.82, 2.24) is 10.2 Å². The number of hydrogen-bond acceptors (Lipinski definition) is 6. The molecule has 0 atom stereocenters. The first-order valence-electron chi connectivity index (χ1n) is 9.42. The molecule has 0 bridgehead atoms. The molecule has 1 aromatic carbocycles. The van der Waals surface area contributed by atoms with Crippen LogP contribution in [0.4, 0.5) is 5.69 Å². The van der Waals surface area contributed by atoms with Crippen molar-refractivity contribution >= 4 is 21.4 Å². The molecule has 2 aliphatic rings. The molecule has 2 heterocycles. The van der Waals surface area contributed by atoms with Crippen molar-refractivity contribution in [2.24, 2.45) is 0 Å². The minimum Gasteiger partial charge on any atom is -0.378 e. The summed E-state index contributed by atoms with van der Waals surface area (Å²) in [5, 5.41) is 3.15.